The fourth-order valence-electron chi connectivity index (χ4n) is 2.80. The number of para-hydroxylation sites is 1. The minimum Gasteiger partial charge on any atom is -0.370 e. The number of H-pyrrole nitrogens is 1. The monoisotopic (exact) mass is 336 g/mol. The number of anilines is 2. The first-order valence-corrected chi connectivity index (χ1v) is 8.81. The Hall–Kier alpha value is -2.82. The highest BCUT2D eigenvalue weighted by Gasteiger charge is 2.04. The quantitative estimate of drug-likeness (QED) is 0.573. The van der Waals surface area contributed by atoms with E-state index in [-0.39, 0.29) is 5.91 Å². The van der Waals surface area contributed by atoms with Crippen molar-refractivity contribution in [2.75, 3.05) is 17.2 Å². The molecule has 3 aromatic rings. The van der Waals surface area contributed by atoms with Gasteiger partial charge in [-0.2, -0.15) is 0 Å². The van der Waals surface area contributed by atoms with Crippen molar-refractivity contribution in [2.24, 2.45) is 0 Å². The maximum absolute atomic E-state index is 11.7. The minimum absolute atomic E-state index is 0.0451. The molecule has 0 aliphatic rings. The zero-order valence-electron chi connectivity index (χ0n) is 14.5. The molecule has 0 radical (unpaired) electrons. The molecule has 5 nitrogen and oxygen atoms in total. The van der Waals surface area contributed by atoms with E-state index in [1.165, 1.54) is 16.5 Å². The molecule has 0 bridgehead atoms. The maximum atomic E-state index is 11.7. The summed E-state index contributed by atoms with van der Waals surface area (Å²) in [5.41, 5.74) is 3.20. The van der Waals surface area contributed by atoms with Gasteiger partial charge in [-0.3, -0.25) is 4.79 Å². The highest BCUT2D eigenvalue weighted by molar-refractivity contribution is 5.90. The first-order valence-electron chi connectivity index (χ1n) is 8.81. The largest absolute Gasteiger partial charge is 0.370 e. The average molecular weight is 336 g/mol. The Morgan fingerprint density at radius 1 is 1.20 bits per heavy atom. The van der Waals surface area contributed by atoms with Crippen LogP contribution in [0.15, 0.2) is 48.8 Å². The van der Waals surface area contributed by atoms with Crippen LogP contribution in [0.2, 0.25) is 0 Å². The van der Waals surface area contributed by atoms with E-state index >= 15 is 0 Å². The highest BCUT2D eigenvalue weighted by atomic mass is 16.1. The van der Waals surface area contributed by atoms with Crippen LogP contribution in [0.25, 0.3) is 10.9 Å². The number of amides is 1. The molecule has 2 heterocycles. The van der Waals surface area contributed by atoms with Gasteiger partial charge >= 0.3 is 0 Å². The summed E-state index contributed by atoms with van der Waals surface area (Å²) in [7, 11) is 0. The number of carbonyl (C=O) groups is 1. The number of nitrogens with zero attached hydrogens (tertiary/aromatic N) is 1. The molecule has 0 aliphatic heterocycles. The lowest BCUT2D eigenvalue weighted by Gasteiger charge is -2.07. The van der Waals surface area contributed by atoms with E-state index in [2.05, 4.69) is 51.9 Å². The number of rotatable bonds is 8. The fraction of sp³-hybridized carbons (Fsp3) is 0.300. The van der Waals surface area contributed by atoms with Crippen LogP contribution in [-0.2, 0) is 11.2 Å². The second kappa shape index (κ2) is 8.33. The lowest BCUT2D eigenvalue weighted by molar-refractivity contribution is -0.116. The predicted molar refractivity (Wildman–Crippen MR) is 103 cm³/mol. The summed E-state index contributed by atoms with van der Waals surface area (Å²) in [6, 6.07) is 12.1. The number of hydrogen-bond donors (Lipinski definition) is 3. The van der Waals surface area contributed by atoms with Gasteiger partial charge in [0.05, 0.1) is 11.9 Å². The van der Waals surface area contributed by atoms with Crippen LogP contribution in [0, 0.1) is 0 Å². The number of pyridine rings is 1. The van der Waals surface area contributed by atoms with Crippen LogP contribution < -0.4 is 10.6 Å². The number of aromatic nitrogens is 2. The van der Waals surface area contributed by atoms with Crippen LogP contribution in [0.3, 0.4) is 0 Å². The van der Waals surface area contributed by atoms with Gasteiger partial charge in [-0.1, -0.05) is 31.5 Å². The number of nitrogens with one attached hydrogen (secondary N) is 3. The zero-order valence-corrected chi connectivity index (χ0v) is 14.5. The van der Waals surface area contributed by atoms with E-state index in [1.54, 1.807) is 6.20 Å². The van der Waals surface area contributed by atoms with Crippen LogP contribution in [0.4, 0.5) is 11.5 Å². The Balaban J connectivity index is 1.49. The van der Waals surface area contributed by atoms with Gasteiger partial charge in [-0.05, 0) is 36.6 Å². The van der Waals surface area contributed by atoms with Crippen LogP contribution in [0.1, 0.15) is 31.7 Å². The Morgan fingerprint density at radius 3 is 2.88 bits per heavy atom. The van der Waals surface area contributed by atoms with Gasteiger partial charge in [0.25, 0.3) is 0 Å². The van der Waals surface area contributed by atoms with E-state index in [0.717, 1.165) is 37.3 Å². The summed E-state index contributed by atoms with van der Waals surface area (Å²) in [5.74, 6) is 0.857. The van der Waals surface area contributed by atoms with Gasteiger partial charge in [0.15, 0.2) is 0 Å². The molecule has 3 N–H and O–H groups in total. The van der Waals surface area contributed by atoms with Crippen molar-refractivity contribution in [1.29, 1.82) is 0 Å². The Kier molecular flexibility index (Phi) is 5.67. The number of unbranched alkanes of at least 4 members (excludes halogenated alkanes) is 1. The third kappa shape index (κ3) is 4.59. The Morgan fingerprint density at radius 2 is 2.08 bits per heavy atom. The highest BCUT2D eigenvalue weighted by Crippen LogP contribution is 2.18. The number of carbonyl (C=O) groups excluding carboxylic acids is 1. The smallest absolute Gasteiger partial charge is 0.224 e. The van der Waals surface area contributed by atoms with E-state index in [0.29, 0.717) is 6.42 Å². The van der Waals surface area contributed by atoms with Gasteiger partial charge in [-0.15, -0.1) is 0 Å². The van der Waals surface area contributed by atoms with Crippen molar-refractivity contribution in [3.8, 4) is 0 Å². The molecule has 0 fully saturated rings. The van der Waals surface area contributed by atoms with Crippen LogP contribution in [-0.4, -0.2) is 22.4 Å². The summed E-state index contributed by atoms with van der Waals surface area (Å²) in [6.07, 6.45) is 7.16. The molecule has 5 heteroatoms. The molecule has 0 atom stereocenters. The SMILES string of the molecule is CCCCC(=O)Nc1ccc(NCCc2c[nH]c3ccccc23)nc1. The van der Waals surface area contributed by atoms with Gasteiger partial charge in [0.2, 0.25) is 5.91 Å². The van der Waals surface area contributed by atoms with E-state index in [1.807, 2.05) is 18.2 Å². The average Bonchev–Trinajstić information content (AvgIpc) is 3.05. The van der Waals surface area contributed by atoms with E-state index in [9.17, 15) is 4.79 Å². The molecule has 0 spiro atoms. The van der Waals surface area contributed by atoms with Crippen molar-refractivity contribution >= 4 is 28.3 Å². The fourth-order valence-corrected chi connectivity index (χ4v) is 2.80. The molecule has 0 saturated heterocycles. The van der Waals surface area contributed by atoms with Gasteiger partial charge < -0.3 is 15.6 Å². The molecular weight excluding hydrogens is 312 g/mol. The molecule has 1 aromatic carbocycles. The molecule has 0 unspecified atom stereocenters. The Bertz CT molecular complexity index is 823. The number of fused-ring (bicyclic) bond motifs is 1. The maximum Gasteiger partial charge on any atom is 0.224 e. The van der Waals surface area contributed by atoms with E-state index in [4.69, 9.17) is 0 Å². The van der Waals surface area contributed by atoms with Crippen molar-refractivity contribution in [3.63, 3.8) is 0 Å². The molecule has 3 rings (SSSR count). The number of hydrogen-bond acceptors (Lipinski definition) is 3. The topological polar surface area (TPSA) is 69.8 Å². The summed E-state index contributed by atoms with van der Waals surface area (Å²) in [6.45, 7) is 2.88. The number of benzene rings is 1. The lowest BCUT2D eigenvalue weighted by atomic mass is 10.1. The van der Waals surface area contributed by atoms with Gasteiger partial charge in [-0.25, -0.2) is 4.98 Å². The third-order valence-electron chi connectivity index (χ3n) is 4.18. The van der Waals surface area contributed by atoms with E-state index < -0.39 is 0 Å². The summed E-state index contributed by atoms with van der Waals surface area (Å²) >= 11 is 0. The number of aromatic amines is 1. The first kappa shape index (κ1) is 17.0. The molecule has 130 valence electrons. The molecular formula is C20H24N4O. The van der Waals surface area contributed by atoms with Crippen LogP contribution in [0.5, 0.6) is 0 Å². The molecule has 1 amide bonds. The second-order valence-electron chi connectivity index (χ2n) is 6.12. The first-order chi connectivity index (χ1) is 12.3. The lowest BCUT2D eigenvalue weighted by Crippen LogP contribution is -2.11. The van der Waals surface area contributed by atoms with Gasteiger partial charge in [0.1, 0.15) is 5.82 Å². The molecule has 0 saturated carbocycles. The normalized spacial score (nSPS) is 10.8. The van der Waals surface area contributed by atoms with Crippen molar-refractivity contribution in [3.05, 3.63) is 54.4 Å². The predicted octanol–water partition coefficient (Wildman–Crippen LogP) is 4.35. The molecule has 25 heavy (non-hydrogen) atoms. The summed E-state index contributed by atoms with van der Waals surface area (Å²) in [4.78, 5) is 19.4. The third-order valence-corrected chi connectivity index (χ3v) is 4.18. The van der Waals surface area contributed by atoms with Gasteiger partial charge in [0, 0.05) is 30.1 Å². The summed E-state index contributed by atoms with van der Waals surface area (Å²) in [5, 5.41) is 7.46. The Labute approximate surface area is 147 Å². The molecule has 2 aromatic heterocycles. The zero-order chi connectivity index (χ0) is 17.5. The standard InChI is InChI=1S/C20H24N4O/c1-2-3-8-20(25)24-16-9-10-19(23-14-16)21-12-11-15-13-22-18-7-5-4-6-17(15)18/h4-7,9-10,13-14,22H,2-3,8,11-12H2,1H3,(H,21,23)(H,24,25). The molecule has 0 aliphatic carbocycles. The van der Waals surface area contributed by atoms with Crippen molar-refractivity contribution < 1.29 is 4.79 Å². The minimum atomic E-state index is 0.0451. The summed E-state index contributed by atoms with van der Waals surface area (Å²) < 4.78 is 0. The van der Waals surface area contributed by atoms with Crippen molar-refractivity contribution in [1.82, 2.24) is 9.97 Å². The second-order valence-corrected chi connectivity index (χ2v) is 6.12. The van der Waals surface area contributed by atoms with Crippen molar-refractivity contribution in [2.45, 2.75) is 32.6 Å². The van der Waals surface area contributed by atoms with Crippen LogP contribution >= 0.6 is 0 Å².